The van der Waals surface area contributed by atoms with Gasteiger partial charge in [-0.3, -0.25) is 4.90 Å². The van der Waals surface area contributed by atoms with Gasteiger partial charge < -0.3 is 9.88 Å². The van der Waals surface area contributed by atoms with Crippen molar-refractivity contribution in [2.45, 2.75) is 13.5 Å². The molecule has 0 bridgehead atoms. The van der Waals surface area contributed by atoms with E-state index in [0.29, 0.717) is 13.1 Å². The van der Waals surface area contributed by atoms with Gasteiger partial charge in [0.2, 0.25) is 0 Å². The van der Waals surface area contributed by atoms with Crippen LogP contribution in [0.1, 0.15) is 11.4 Å². The second kappa shape index (κ2) is 6.49. The Morgan fingerprint density at radius 3 is 2.86 bits per heavy atom. The highest BCUT2D eigenvalue weighted by atomic mass is 79.9. The summed E-state index contributed by atoms with van der Waals surface area (Å²) in [5.41, 5.74) is 2.86. The number of rotatable bonds is 3. The number of H-pyrrole nitrogens is 1. The Bertz CT molecular complexity index is 645. The SMILES string of the molecule is Cc1[nH]cnc1CN1CCN(c2cccc(Br)c2)C1=O.Cl. The summed E-state index contributed by atoms with van der Waals surface area (Å²) in [7, 11) is 0. The van der Waals surface area contributed by atoms with Gasteiger partial charge in [0.1, 0.15) is 0 Å². The van der Waals surface area contributed by atoms with Gasteiger partial charge >= 0.3 is 6.03 Å². The first kappa shape index (κ1) is 15.9. The fourth-order valence-electron chi connectivity index (χ4n) is 2.34. The number of halogens is 2. The summed E-state index contributed by atoms with van der Waals surface area (Å²) in [6.45, 7) is 3.95. The summed E-state index contributed by atoms with van der Waals surface area (Å²) in [5, 5.41) is 0. The Kier molecular flexibility index (Phi) is 4.90. The van der Waals surface area contributed by atoms with Crippen molar-refractivity contribution in [3.05, 3.63) is 46.5 Å². The van der Waals surface area contributed by atoms with Gasteiger partial charge in [0.25, 0.3) is 0 Å². The number of amides is 2. The molecule has 2 aromatic rings. The van der Waals surface area contributed by atoms with Gasteiger partial charge in [-0.15, -0.1) is 12.4 Å². The van der Waals surface area contributed by atoms with Crippen LogP contribution in [-0.4, -0.2) is 34.0 Å². The van der Waals surface area contributed by atoms with Crippen LogP contribution in [0.4, 0.5) is 10.5 Å². The molecule has 2 heterocycles. The van der Waals surface area contributed by atoms with Crippen LogP contribution in [0, 0.1) is 6.92 Å². The average molecular weight is 372 g/mol. The minimum Gasteiger partial charge on any atom is -0.348 e. The molecule has 3 rings (SSSR count). The van der Waals surface area contributed by atoms with Gasteiger partial charge in [-0.05, 0) is 25.1 Å². The molecule has 1 N–H and O–H groups in total. The lowest BCUT2D eigenvalue weighted by atomic mass is 10.3. The van der Waals surface area contributed by atoms with Crippen LogP contribution < -0.4 is 4.90 Å². The maximum atomic E-state index is 12.5. The number of urea groups is 1. The van der Waals surface area contributed by atoms with E-state index in [-0.39, 0.29) is 18.4 Å². The lowest BCUT2D eigenvalue weighted by Crippen LogP contribution is -2.31. The maximum Gasteiger partial charge on any atom is 0.324 e. The van der Waals surface area contributed by atoms with E-state index in [0.717, 1.165) is 28.1 Å². The highest BCUT2D eigenvalue weighted by molar-refractivity contribution is 9.10. The van der Waals surface area contributed by atoms with Crippen molar-refractivity contribution in [3.8, 4) is 0 Å². The van der Waals surface area contributed by atoms with Crippen molar-refractivity contribution in [1.29, 1.82) is 0 Å². The highest BCUT2D eigenvalue weighted by Gasteiger charge is 2.30. The van der Waals surface area contributed by atoms with Gasteiger partial charge in [0, 0.05) is 28.9 Å². The second-order valence-corrected chi connectivity index (χ2v) is 5.73. The molecule has 1 fully saturated rings. The molecular weight excluding hydrogens is 356 g/mol. The smallest absolute Gasteiger partial charge is 0.324 e. The fourth-order valence-corrected chi connectivity index (χ4v) is 2.73. The highest BCUT2D eigenvalue weighted by Crippen LogP contribution is 2.24. The molecule has 0 atom stereocenters. The summed E-state index contributed by atoms with van der Waals surface area (Å²) in [5.74, 6) is 0. The standard InChI is InChI=1S/C14H15BrN4O.ClH/c1-10-13(17-9-16-10)8-18-5-6-19(14(18)20)12-4-2-3-11(15)7-12;/h2-4,7,9H,5-6,8H2,1H3,(H,16,17);1H. The Hall–Kier alpha value is -1.53. The number of nitrogens with zero attached hydrogens (tertiary/aromatic N) is 3. The normalized spacial score (nSPS) is 14.5. The van der Waals surface area contributed by atoms with E-state index < -0.39 is 0 Å². The number of hydrogen-bond acceptors (Lipinski definition) is 2. The van der Waals surface area contributed by atoms with Crippen molar-refractivity contribution < 1.29 is 4.79 Å². The molecule has 21 heavy (non-hydrogen) atoms. The summed E-state index contributed by atoms with van der Waals surface area (Å²) in [6, 6.07) is 7.83. The first-order chi connectivity index (χ1) is 9.65. The van der Waals surface area contributed by atoms with Crippen LogP contribution in [0.15, 0.2) is 35.1 Å². The molecule has 112 valence electrons. The number of aromatic nitrogens is 2. The molecule has 1 aliphatic heterocycles. The molecule has 5 nitrogen and oxygen atoms in total. The Morgan fingerprint density at radius 1 is 1.38 bits per heavy atom. The topological polar surface area (TPSA) is 52.2 Å². The Morgan fingerprint density at radius 2 is 2.19 bits per heavy atom. The van der Waals surface area contributed by atoms with E-state index in [2.05, 4.69) is 25.9 Å². The van der Waals surface area contributed by atoms with E-state index in [1.165, 1.54) is 0 Å². The lowest BCUT2D eigenvalue weighted by molar-refractivity contribution is 0.218. The zero-order valence-corrected chi connectivity index (χ0v) is 13.9. The van der Waals surface area contributed by atoms with Crippen LogP contribution in [-0.2, 0) is 6.54 Å². The van der Waals surface area contributed by atoms with Crippen LogP contribution in [0.5, 0.6) is 0 Å². The van der Waals surface area contributed by atoms with Crippen molar-refractivity contribution in [3.63, 3.8) is 0 Å². The minimum absolute atomic E-state index is 0. The molecule has 0 radical (unpaired) electrons. The van der Waals surface area contributed by atoms with E-state index in [1.54, 1.807) is 11.2 Å². The number of aromatic amines is 1. The van der Waals surface area contributed by atoms with Crippen molar-refractivity contribution in [2.24, 2.45) is 0 Å². The molecule has 1 aromatic heterocycles. The molecule has 0 saturated carbocycles. The third-order valence-electron chi connectivity index (χ3n) is 3.49. The van der Waals surface area contributed by atoms with Gasteiger partial charge in [0.05, 0.1) is 18.6 Å². The van der Waals surface area contributed by atoms with Crippen LogP contribution >= 0.6 is 28.3 Å². The summed E-state index contributed by atoms with van der Waals surface area (Å²) in [6.07, 6.45) is 1.66. The number of aryl methyl sites for hydroxylation is 1. The maximum absolute atomic E-state index is 12.5. The van der Waals surface area contributed by atoms with E-state index in [4.69, 9.17) is 0 Å². The number of anilines is 1. The van der Waals surface area contributed by atoms with Gasteiger partial charge in [-0.25, -0.2) is 9.78 Å². The minimum atomic E-state index is 0. The monoisotopic (exact) mass is 370 g/mol. The number of imidazole rings is 1. The van der Waals surface area contributed by atoms with Crippen LogP contribution in [0.2, 0.25) is 0 Å². The third-order valence-corrected chi connectivity index (χ3v) is 3.98. The Labute approximate surface area is 137 Å². The molecular formula is C14H16BrClN4O. The molecule has 1 aliphatic rings. The van der Waals surface area contributed by atoms with Crippen molar-refractivity contribution in [2.75, 3.05) is 18.0 Å². The largest absolute Gasteiger partial charge is 0.348 e. The zero-order valence-electron chi connectivity index (χ0n) is 11.5. The Balaban J connectivity index is 0.00000161. The van der Waals surface area contributed by atoms with Crippen LogP contribution in [0.25, 0.3) is 0 Å². The summed E-state index contributed by atoms with van der Waals surface area (Å²) in [4.78, 5) is 23.4. The fraction of sp³-hybridized carbons (Fsp3) is 0.286. The summed E-state index contributed by atoms with van der Waals surface area (Å²) >= 11 is 3.44. The lowest BCUT2D eigenvalue weighted by Gasteiger charge is -2.18. The number of hydrogen-bond donors (Lipinski definition) is 1. The molecule has 0 unspecified atom stereocenters. The number of benzene rings is 1. The zero-order chi connectivity index (χ0) is 14.1. The van der Waals surface area contributed by atoms with E-state index >= 15 is 0 Å². The molecule has 7 heteroatoms. The van der Waals surface area contributed by atoms with Gasteiger partial charge in [-0.1, -0.05) is 22.0 Å². The first-order valence-corrected chi connectivity index (χ1v) is 7.25. The molecule has 1 saturated heterocycles. The van der Waals surface area contributed by atoms with E-state index in [1.807, 2.05) is 36.1 Å². The predicted octanol–water partition coefficient (Wildman–Crippen LogP) is 3.34. The third kappa shape index (κ3) is 3.22. The molecule has 1 aromatic carbocycles. The average Bonchev–Trinajstić information content (AvgIpc) is 2.98. The molecule has 2 amide bonds. The summed E-state index contributed by atoms with van der Waals surface area (Å²) < 4.78 is 0.976. The first-order valence-electron chi connectivity index (χ1n) is 6.46. The quantitative estimate of drug-likeness (QED) is 0.899. The molecule has 0 spiro atoms. The predicted molar refractivity (Wildman–Crippen MR) is 87.9 cm³/mol. The number of carbonyl (C=O) groups is 1. The van der Waals surface area contributed by atoms with Gasteiger partial charge in [-0.2, -0.15) is 0 Å². The molecule has 0 aliphatic carbocycles. The van der Waals surface area contributed by atoms with Crippen molar-refractivity contribution >= 4 is 40.1 Å². The van der Waals surface area contributed by atoms with Gasteiger partial charge in [0.15, 0.2) is 0 Å². The van der Waals surface area contributed by atoms with Crippen molar-refractivity contribution in [1.82, 2.24) is 14.9 Å². The number of carbonyl (C=O) groups excluding carboxylic acids is 1. The van der Waals surface area contributed by atoms with Crippen LogP contribution in [0.3, 0.4) is 0 Å². The second-order valence-electron chi connectivity index (χ2n) is 4.81. The number of nitrogens with one attached hydrogen (secondary N) is 1. The van der Waals surface area contributed by atoms with E-state index in [9.17, 15) is 4.79 Å².